The average molecular weight is 425 g/mol. The highest BCUT2D eigenvalue weighted by Gasteiger charge is 2.41. The Bertz CT molecular complexity index is 1120. The predicted molar refractivity (Wildman–Crippen MR) is 116 cm³/mol. The number of fused-ring (bicyclic) bond motifs is 3. The summed E-state index contributed by atoms with van der Waals surface area (Å²) in [6.07, 6.45) is 0.721. The molecule has 4 rings (SSSR count). The highest BCUT2D eigenvalue weighted by molar-refractivity contribution is 6.06. The zero-order chi connectivity index (χ0) is 22.1. The predicted octanol–water partition coefficient (Wildman–Crippen LogP) is 3.64. The number of rotatable bonds is 6. The summed E-state index contributed by atoms with van der Waals surface area (Å²) >= 11 is 0. The van der Waals surface area contributed by atoms with Crippen LogP contribution in [0.2, 0.25) is 0 Å². The first-order valence-corrected chi connectivity index (χ1v) is 10.5. The van der Waals surface area contributed by atoms with E-state index in [1.165, 1.54) is 7.11 Å². The minimum absolute atomic E-state index is 0.0570. The van der Waals surface area contributed by atoms with E-state index in [2.05, 4.69) is 9.97 Å². The summed E-state index contributed by atoms with van der Waals surface area (Å²) in [5.74, 6) is 0.732. The van der Waals surface area contributed by atoms with Crippen LogP contribution < -0.4 is 4.90 Å². The highest BCUT2D eigenvalue weighted by atomic mass is 16.5. The number of hydrogen-bond donors (Lipinski definition) is 0. The molecule has 0 amide bonds. The Morgan fingerprint density at radius 1 is 1.26 bits per heavy atom. The lowest BCUT2D eigenvalue weighted by Gasteiger charge is -2.23. The molecule has 3 aromatic rings. The van der Waals surface area contributed by atoms with Crippen molar-refractivity contribution in [3.63, 3.8) is 0 Å². The summed E-state index contributed by atoms with van der Waals surface area (Å²) in [7, 11) is 1.37. The van der Waals surface area contributed by atoms with Crippen LogP contribution in [0.25, 0.3) is 22.1 Å². The van der Waals surface area contributed by atoms with Gasteiger partial charge in [-0.2, -0.15) is 0 Å². The van der Waals surface area contributed by atoms with Gasteiger partial charge in [0.25, 0.3) is 0 Å². The van der Waals surface area contributed by atoms with E-state index in [1.54, 1.807) is 0 Å². The fourth-order valence-electron chi connectivity index (χ4n) is 4.10. The van der Waals surface area contributed by atoms with Gasteiger partial charge in [0.1, 0.15) is 23.0 Å². The van der Waals surface area contributed by atoms with Crippen LogP contribution >= 0.6 is 0 Å². The molecule has 2 aromatic heterocycles. The van der Waals surface area contributed by atoms with Gasteiger partial charge in [-0.05, 0) is 37.3 Å². The lowest BCUT2D eigenvalue weighted by atomic mass is 10.0. The van der Waals surface area contributed by atoms with E-state index in [4.69, 9.17) is 13.9 Å². The molecule has 1 aliphatic heterocycles. The smallest absolute Gasteiger partial charge is 0.328 e. The number of esters is 2. The van der Waals surface area contributed by atoms with Crippen LogP contribution in [0.4, 0.5) is 5.82 Å². The Hall–Kier alpha value is -3.16. The molecule has 2 atom stereocenters. The normalized spacial score (nSPS) is 18.8. The first kappa shape index (κ1) is 21.1. The summed E-state index contributed by atoms with van der Waals surface area (Å²) in [6, 6.07) is 7.10. The van der Waals surface area contributed by atoms with Crippen LogP contribution in [0.3, 0.4) is 0 Å². The molecule has 0 saturated carbocycles. The first-order valence-electron chi connectivity index (χ1n) is 10.5. The summed E-state index contributed by atoms with van der Waals surface area (Å²) in [6.45, 7) is 6.66. The van der Waals surface area contributed by atoms with Crippen molar-refractivity contribution in [2.24, 2.45) is 11.8 Å². The standard InChI is InChI=1S/C23H27N3O5/c1-13(2)12-30-19(27)10-15-9-17(23(28)29-4)26(11-15)22-21-20(24-14(3)25-22)16-7-5-6-8-18(16)31-21/h5-8,13,15,17H,9-12H2,1-4H3/t15-,17+/m1/s1. The van der Waals surface area contributed by atoms with Gasteiger partial charge in [-0.25, -0.2) is 14.8 Å². The molecule has 1 aliphatic rings. The fraction of sp³-hybridized carbons (Fsp3) is 0.478. The molecule has 3 heterocycles. The number of anilines is 1. The monoisotopic (exact) mass is 425 g/mol. The number of aromatic nitrogens is 2. The van der Waals surface area contributed by atoms with E-state index in [0.29, 0.717) is 47.9 Å². The van der Waals surface area contributed by atoms with Crippen molar-refractivity contribution < 1.29 is 23.5 Å². The number of methoxy groups -OCH3 is 1. The minimum atomic E-state index is -0.557. The number of benzene rings is 1. The van der Waals surface area contributed by atoms with Gasteiger partial charge in [0.15, 0.2) is 11.4 Å². The molecular formula is C23H27N3O5. The number of carbonyl (C=O) groups is 2. The van der Waals surface area contributed by atoms with Crippen LogP contribution in [-0.2, 0) is 19.1 Å². The van der Waals surface area contributed by atoms with E-state index < -0.39 is 6.04 Å². The topological polar surface area (TPSA) is 94.8 Å². The third kappa shape index (κ3) is 4.19. The number of ether oxygens (including phenoxy) is 2. The number of nitrogens with zero attached hydrogens (tertiary/aromatic N) is 3. The Kier molecular flexibility index (Phi) is 5.80. The summed E-state index contributed by atoms with van der Waals surface area (Å²) in [5.41, 5.74) is 1.95. The second kappa shape index (κ2) is 8.53. The maximum absolute atomic E-state index is 12.6. The molecule has 0 aliphatic carbocycles. The maximum Gasteiger partial charge on any atom is 0.328 e. The van der Waals surface area contributed by atoms with Gasteiger partial charge in [-0.1, -0.05) is 26.0 Å². The summed E-state index contributed by atoms with van der Waals surface area (Å²) in [4.78, 5) is 35.9. The summed E-state index contributed by atoms with van der Waals surface area (Å²) < 4.78 is 16.5. The van der Waals surface area contributed by atoms with E-state index >= 15 is 0 Å². The van der Waals surface area contributed by atoms with Gasteiger partial charge < -0.3 is 18.8 Å². The van der Waals surface area contributed by atoms with Gasteiger partial charge in [-0.3, -0.25) is 4.79 Å². The Morgan fingerprint density at radius 2 is 2.03 bits per heavy atom. The third-order valence-electron chi connectivity index (χ3n) is 5.48. The zero-order valence-electron chi connectivity index (χ0n) is 18.3. The van der Waals surface area contributed by atoms with Gasteiger partial charge >= 0.3 is 11.9 Å². The van der Waals surface area contributed by atoms with E-state index in [-0.39, 0.29) is 30.2 Å². The molecule has 0 N–H and O–H groups in total. The van der Waals surface area contributed by atoms with E-state index in [1.807, 2.05) is 49.9 Å². The SMILES string of the molecule is COC(=O)[C@@H]1C[C@H](CC(=O)OCC(C)C)CN1c1nc(C)nc2c1oc1ccccc12. The molecule has 0 spiro atoms. The first-order chi connectivity index (χ1) is 14.9. The molecule has 8 heteroatoms. The Balaban J connectivity index is 1.68. The lowest BCUT2D eigenvalue weighted by molar-refractivity contribution is -0.146. The molecule has 8 nitrogen and oxygen atoms in total. The number of aryl methyl sites for hydroxylation is 1. The Labute approximate surface area is 180 Å². The largest absolute Gasteiger partial charge is 0.467 e. The molecule has 0 radical (unpaired) electrons. The van der Waals surface area contributed by atoms with Crippen molar-refractivity contribution >= 4 is 39.8 Å². The highest BCUT2D eigenvalue weighted by Crippen LogP contribution is 2.38. The minimum Gasteiger partial charge on any atom is -0.467 e. The van der Waals surface area contributed by atoms with Crippen LogP contribution in [-0.4, -0.2) is 48.2 Å². The molecule has 0 bridgehead atoms. The lowest BCUT2D eigenvalue weighted by Crippen LogP contribution is -2.37. The number of para-hydroxylation sites is 1. The van der Waals surface area contributed by atoms with Gasteiger partial charge in [0, 0.05) is 11.9 Å². The Morgan fingerprint density at radius 3 is 2.77 bits per heavy atom. The number of carbonyl (C=O) groups excluding carboxylic acids is 2. The van der Waals surface area contributed by atoms with Gasteiger partial charge in [0.05, 0.1) is 20.1 Å². The van der Waals surface area contributed by atoms with E-state index in [0.717, 1.165) is 5.39 Å². The maximum atomic E-state index is 12.6. The van der Waals surface area contributed by atoms with Crippen LogP contribution in [0.5, 0.6) is 0 Å². The molecule has 164 valence electrons. The van der Waals surface area contributed by atoms with Gasteiger partial charge in [-0.15, -0.1) is 0 Å². The second-order valence-corrected chi connectivity index (χ2v) is 8.44. The van der Waals surface area contributed by atoms with Crippen LogP contribution in [0.15, 0.2) is 28.7 Å². The fourth-order valence-corrected chi connectivity index (χ4v) is 4.10. The average Bonchev–Trinajstić information content (AvgIpc) is 3.32. The number of hydrogen-bond acceptors (Lipinski definition) is 8. The van der Waals surface area contributed by atoms with Gasteiger partial charge in [0.2, 0.25) is 0 Å². The van der Waals surface area contributed by atoms with E-state index in [9.17, 15) is 9.59 Å². The summed E-state index contributed by atoms with van der Waals surface area (Å²) in [5, 5.41) is 0.895. The molecule has 31 heavy (non-hydrogen) atoms. The molecule has 1 fully saturated rings. The third-order valence-corrected chi connectivity index (χ3v) is 5.48. The van der Waals surface area contributed by atoms with Crippen molar-refractivity contribution in [2.75, 3.05) is 25.2 Å². The van der Waals surface area contributed by atoms with Crippen molar-refractivity contribution in [3.8, 4) is 0 Å². The van der Waals surface area contributed by atoms with Crippen molar-refractivity contribution in [1.29, 1.82) is 0 Å². The van der Waals surface area contributed by atoms with Crippen LogP contribution in [0, 0.1) is 18.8 Å². The zero-order valence-corrected chi connectivity index (χ0v) is 18.3. The molecule has 1 aromatic carbocycles. The quantitative estimate of drug-likeness (QED) is 0.553. The van der Waals surface area contributed by atoms with Crippen molar-refractivity contribution in [2.45, 2.75) is 39.7 Å². The second-order valence-electron chi connectivity index (χ2n) is 8.44. The molecule has 1 saturated heterocycles. The number of furan rings is 1. The molecular weight excluding hydrogens is 398 g/mol. The van der Waals surface area contributed by atoms with Crippen molar-refractivity contribution in [3.05, 3.63) is 30.1 Å². The molecule has 0 unspecified atom stereocenters. The van der Waals surface area contributed by atoms with Crippen LogP contribution in [0.1, 0.15) is 32.5 Å². The van der Waals surface area contributed by atoms with Crippen molar-refractivity contribution in [1.82, 2.24) is 9.97 Å².